The highest BCUT2D eigenvalue weighted by molar-refractivity contribution is 5.92. The molecule has 0 saturated carbocycles. The van der Waals surface area contributed by atoms with Gasteiger partial charge in [-0.1, -0.05) is 13.8 Å². The summed E-state index contributed by atoms with van der Waals surface area (Å²) in [4.78, 5) is 11.8. The number of carbonyl (C=O) groups is 1. The minimum Gasteiger partial charge on any atom is -0.456 e. The molecular formula is C12H16N2O2. The summed E-state index contributed by atoms with van der Waals surface area (Å²) in [5.74, 6) is 0.678. The van der Waals surface area contributed by atoms with E-state index in [-0.39, 0.29) is 11.7 Å². The van der Waals surface area contributed by atoms with Gasteiger partial charge in [0.25, 0.3) is 5.91 Å². The highest BCUT2D eigenvalue weighted by Gasteiger charge is 2.25. The SMILES string of the molecule is CCc1ccc(C(=O)NC(C)(C#N)CC)o1. The van der Waals surface area contributed by atoms with Crippen molar-refractivity contribution in [2.75, 3.05) is 0 Å². The first-order valence-electron chi connectivity index (χ1n) is 5.37. The van der Waals surface area contributed by atoms with Gasteiger partial charge in [-0.2, -0.15) is 5.26 Å². The Hall–Kier alpha value is -1.76. The summed E-state index contributed by atoms with van der Waals surface area (Å²) >= 11 is 0. The Morgan fingerprint density at radius 2 is 2.25 bits per heavy atom. The van der Waals surface area contributed by atoms with Gasteiger partial charge in [-0.3, -0.25) is 4.79 Å². The lowest BCUT2D eigenvalue weighted by Gasteiger charge is -2.20. The number of hydrogen-bond acceptors (Lipinski definition) is 3. The van der Waals surface area contributed by atoms with E-state index < -0.39 is 5.54 Å². The van der Waals surface area contributed by atoms with E-state index in [0.29, 0.717) is 6.42 Å². The maximum Gasteiger partial charge on any atom is 0.288 e. The molecule has 4 heteroatoms. The zero-order chi connectivity index (χ0) is 12.2. The molecule has 0 spiro atoms. The van der Waals surface area contributed by atoms with Crippen LogP contribution >= 0.6 is 0 Å². The van der Waals surface area contributed by atoms with Crippen molar-refractivity contribution < 1.29 is 9.21 Å². The van der Waals surface area contributed by atoms with Crippen LogP contribution in [0.15, 0.2) is 16.5 Å². The third kappa shape index (κ3) is 2.63. The van der Waals surface area contributed by atoms with Crippen molar-refractivity contribution in [2.24, 2.45) is 0 Å². The van der Waals surface area contributed by atoms with Crippen LogP contribution in [0.25, 0.3) is 0 Å². The molecule has 1 unspecified atom stereocenters. The van der Waals surface area contributed by atoms with Crippen molar-refractivity contribution >= 4 is 5.91 Å². The largest absolute Gasteiger partial charge is 0.456 e. The van der Waals surface area contributed by atoms with E-state index in [1.807, 2.05) is 13.8 Å². The van der Waals surface area contributed by atoms with Gasteiger partial charge in [-0.15, -0.1) is 0 Å². The number of nitrogens with zero attached hydrogens (tertiary/aromatic N) is 1. The summed E-state index contributed by atoms with van der Waals surface area (Å²) in [6.07, 6.45) is 1.30. The van der Waals surface area contributed by atoms with Crippen LogP contribution in [0.3, 0.4) is 0 Å². The second-order valence-electron chi connectivity index (χ2n) is 3.87. The Bertz CT molecular complexity index is 417. The molecule has 1 aromatic rings. The molecule has 0 saturated heterocycles. The zero-order valence-electron chi connectivity index (χ0n) is 9.83. The van der Waals surface area contributed by atoms with Crippen LogP contribution in [0.1, 0.15) is 43.5 Å². The smallest absolute Gasteiger partial charge is 0.288 e. The predicted molar refractivity (Wildman–Crippen MR) is 59.9 cm³/mol. The third-order valence-corrected chi connectivity index (χ3v) is 2.58. The number of nitriles is 1. The number of rotatable bonds is 4. The molecule has 0 bridgehead atoms. The Morgan fingerprint density at radius 3 is 2.69 bits per heavy atom. The Kier molecular flexibility index (Phi) is 3.73. The van der Waals surface area contributed by atoms with Crippen LogP contribution in [0, 0.1) is 11.3 Å². The van der Waals surface area contributed by atoms with Gasteiger partial charge in [-0.05, 0) is 25.5 Å². The van der Waals surface area contributed by atoms with Crippen LogP contribution < -0.4 is 5.32 Å². The molecule has 86 valence electrons. The first-order chi connectivity index (χ1) is 7.54. The van der Waals surface area contributed by atoms with Crippen molar-refractivity contribution in [3.8, 4) is 6.07 Å². The van der Waals surface area contributed by atoms with Crippen molar-refractivity contribution in [1.82, 2.24) is 5.32 Å². The Balaban J connectivity index is 2.76. The lowest BCUT2D eigenvalue weighted by molar-refractivity contribution is 0.0893. The van der Waals surface area contributed by atoms with Crippen LogP contribution in [0.2, 0.25) is 0 Å². The second kappa shape index (κ2) is 4.84. The highest BCUT2D eigenvalue weighted by Crippen LogP contribution is 2.12. The predicted octanol–water partition coefficient (Wildman–Crippen LogP) is 2.26. The summed E-state index contributed by atoms with van der Waals surface area (Å²) in [6.45, 7) is 5.49. The van der Waals surface area contributed by atoms with E-state index in [0.717, 1.165) is 12.2 Å². The molecule has 1 heterocycles. The number of nitrogens with one attached hydrogen (secondary N) is 1. The van der Waals surface area contributed by atoms with Gasteiger partial charge in [-0.25, -0.2) is 0 Å². The van der Waals surface area contributed by atoms with Crippen LogP contribution in [0.5, 0.6) is 0 Å². The molecule has 0 radical (unpaired) electrons. The average molecular weight is 220 g/mol. The molecule has 1 rings (SSSR count). The van der Waals surface area contributed by atoms with Crippen molar-refractivity contribution in [3.05, 3.63) is 23.7 Å². The third-order valence-electron chi connectivity index (χ3n) is 2.58. The molecule has 1 amide bonds. The first kappa shape index (κ1) is 12.3. The van der Waals surface area contributed by atoms with Gasteiger partial charge >= 0.3 is 0 Å². The normalized spacial score (nSPS) is 13.9. The maximum atomic E-state index is 11.8. The minimum atomic E-state index is -0.837. The van der Waals surface area contributed by atoms with Gasteiger partial charge < -0.3 is 9.73 Å². The summed E-state index contributed by atoms with van der Waals surface area (Å²) < 4.78 is 5.31. The Labute approximate surface area is 95.2 Å². The number of furan rings is 1. The second-order valence-corrected chi connectivity index (χ2v) is 3.87. The van der Waals surface area contributed by atoms with E-state index >= 15 is 0 Å². The van der Waals surface area contributed by atoms with Crippen molar-refractivity contribution in [2.45, 2.75) is 39.2 Å². The molecule has 0 aliphatic heterocycles. The van der Waals surface area contributed by atoms with E-state index in [4.69, 9.17) is 9.68 Å². The maximum absolute atomic E-state index is 11.8. The molecule has 1 atom stereocenters. The topological polar surface area (TPSA) is 66.0 Å². The first-order valence-corrected chi connectivity index (χ1v) is 5.37. The zero-order valence-corrected chi connectivity index (χ0v) is 9.83. The van der Waals surface area contributed by atoms with E-state index in [1.165, 1.54) is 0 Å². The van der Waals surface area contributed by atoms with Gasteiger partial charge in [0.2, 0.25) is 0 Å². The number of carbonyl (C=O) groups excluding carboxylic acids is 1. The van der Waals surface area contributed by atoms with Gasteiger partial charge in [0.1, 0.15) is 11.3 Å². The molecule has 0 aliphatic rings. The van der Waals surface area contributed by atoms with Crippen LogP contribution in [0.4, 0.5) is 0 Å². The average Bonchev–Trinajstić information content (AvgIpc) is 2.77. The summed E-state index contributed by atoms with van der Waals surface area (Å²) in [7, 11) is 0. The molecular weight excluding hydrogens is 204 g/mol. The summed E-state index contributed by atoms with van der Waals surface area (Å²) in [6, 6.07) is 5.47. The van der Waals surface area contributed by atoms with Crippen LogP contribution in [-0.4, -0.2) is 11.4 Å². The highest BCUT2D eigenvalue weighted by atomic mass is 16.3. The standard InChI is InChI=1S/C12H16N2O2/c1-4-9-6-7-10(16-9)11(15)14-12(3,5-2)8-13/h6-7H,4-5H2,1-3H3,(H,14,15). The van der Waals surface area contributed by atoms with Gasteiger partial charge in [0.15, 0.2) is 5.76 Å². The summed E-state index contributed by atoms with van der Waals surface area (Å²) in [5, 5.41) is 11.6. The Morgan fingerprint density at radius 1 is 1.56 bits per heavy atom. The monoisotopic (exact) mass is 220 g/mol. The number of aryl methyl sites for hydroxylation is 1. The molecule has 0 aromatic carbocycles. The van der Waals surface area contributed by atoms with Gasteiger partial charge in [0.05, 0.1) is 6.07 Å². The minimum absolute atomic E-state index is 0.256. The van der Waals surface area contributed by atoms with Crippen LogP contribution in [-0.2, 0) is 6.42 Å². The fourth-order valence-corrected chi connectivity index (χ4v) is 1.20. The van der Waals surface area contributed by atoms with Gasteiger partial charge in [0, 0.05) is 6.42 Å². The lowest BCUT2D eigenvalue weighted by atomic mass is 10.0. The quantitative estimate of drug-likeness (QED) is 0.846. The molecule has 0 fully saturated rings. The van der Waals surface area contributed by atoms with E-state index in [9.17, 15) is 4.79 Å². The summed E-state index contributed by atoms with van der Waals surface area (Å²) in [5.41, 5.74) is -0.837. The molecule has 1 aromatic heterocycles. The van der Waals surface area contributed by atoms with Crippen molar-refractivity contribution in [1.29, 1.82) is 5.26 Å². The van der Waals surface area contributed by atoms with E-state index in [1.54, 1.807) is 19.1 Å². The number of amides is 1. The lowest BCUT2D eigenvalue weighted by Crippen LogP contribution is -2.44. The fourth-order valence-electron chi connectivity index (χ4n) is 1.20. The molecule has 0 aliphatic carbocycles. The van der Waals surface area contributed by atoms with Crippen molar-refractivity contribution in [3.63, 3.8) is 0 Å². The number of hydrogen-bond donors (Lipinski definition) is 1. The molecule has 4 nitrogen and oxygen atoms in total. The molecule has 16 heavy (non-hydrogen) atoms. The molecule has 1 N–H and O–H groups in total. The fraction of sp³-hybridized carbons (Fsp3) is 0.500. The van der Waals surface area contributed by atoms with E-state index in [2.05, 4.69) is 11.4 Å².